The molecular formula is C20H21BF4Se. The third-order valence-electron chi connectivity index (χ3n) is 3.73. The Morgan fingerprint density at radius 1 is 0.846 bits per heavy atom. The van der Waals surface area contributed by atoms with E-state index in [9.17, 15) is 17.3 Å². The summed E-state index contributed by atoms with van der Waals surface area (Å²) in [6.07, 6.45) is 1.02. The average molecular weight is 427 g/mol. The second-order valence-electron chi connectivity index (χ2n) is 7.04. The average Bonchev–Trinajstić information content (AvgIpc) is 2.53. The Morgan fingerprint density at radius 3 is 1.96 bits per heavy atom. The molecule has 0 N–H and O–H groups in total. The summed E-state index contributed by atoms with van der Waals surface area (Å²) in [6, 6.07) is 22.2. The van der Waals surface area contributed by atoms with Gasteiger partial charge in [0.2, 0.25) is 0 Å². The molecule has 1 aromatic heterocycles. The van der Waals surface area contributed by atoms with Crippen molar-refractivity contribution < 1.29 is 17.3 Å². The van der Waals surface area contributed by atoms with E-state index in [1.165, 1.54) is 20.8 Å². The molecule has 26 heavy (non-hydrogen) atoms. The molecule has 0 unspecified atom stereocenters. The Kier molecular flexibility index (Phi) is 6.65. The number of hydrogen-bond donors (Lipinski definition) is 0. The number of benzene rings is 2. The first-order valence-electron chi connectivity index (χ1n) is 8.30. The van der Waals surface area contributed by atoms with Crippen molar-refractivity contribution in [2.75, 3.05) is 0 Å². The fourth-order valence-electron chi connectivity index (χ4n) is 2.54. The molecule has 0 radical (unpaired) electrons. The molecule has 0 aliphatic rings. The first-order chi connectivity index (χ1) is 12.0. The zero-order valence-electron chi connectivity index (χ0n) is 15.0. The van der Waals surface area contributed by atoms with Gasteiger partial charge in [-0.2, -0.15) is 0 Å². The molecular weight excluding hydrogens is 406 g/mol. The summed E-state index contributed by atoms with van der Waals surface area (Å²) in [5.41, 5.74) is 3.12. The Hall–Kier alpha value is -1.65. The monoisotopic (exact) mass is 428 g/mol. The van der Waals surface area contributed by atoms with Crippen LogP contribution in [0.15, 0.2) is 60.7 Å². The molecule has 0 amide bonds. The van der Waals surface area contributed by atoms with E-state index in [2.05, 4.69) is 81.4 Å². The molecule has 0 saturated heterocycles. The molecule has 0 atom stereocenters. The third-order valence-corrected chi connectivity index (χ3v) is 6.94. The minimum Gasteiger partial charge on any atom is -0.418 e. The second kappa shape index (κ2) is 8.36. The van der Waals surface area contributed by atoms with Crippen LogP contribution in [-0.2, 0) is 11.8 Å². The van der Waals surface area contributed by atoms with Crippen LogP contribution < -0.4 is 0 Å². The van der Waals surface area contributed by atoms with E-state index >= 15 is 0 Å². The number of halogens is 4. The Bertz CT molecular complexity index is 849. The molecule has 6 heteroatoms. The van der Waals surface area contributed by atoms with Gasteiger partial charge < -0.3 is 17.3 Å². The Morgan fingerprint density at radius 2 is 1.38 bits per heavy atom. The second-order valence-corrected chi connectivity index (χ2v) is 9.31. The molecule has 138 valence electrons. The molecule has 1 heterocycles. The molecule has 0 bridgehead atoms. The van der Waals surface area contributed by atoms with Gasteiger partial charge in [-0.1, -0.05) is 0 Å². The summed E-state index contributed by atoms with van der Waals surface area (Å²) in [7, 11) is -6.00. The van der Waals surface area contributed by atoms with E-state index in [1.54, 1.807) is 4.44 Å². The van der Waals surface area contributed by atoms with Crippen LogP contribution in [0.25, 0.3) is 9.65 Å². The van der Waals surface area contributed by atoms with Gasteiger partial charge in [-0.25, -0.2) is 0 Å². The normalized spacial score (nSPS) is 11.8. The van der Waals surface area contributed by atoms with Crippen molar-refractivity contribution in [3.63, 3.8) is 0 Å². The smallest absolute Gasteiger partial charge is 0.418 e. The summed E-state index contributed by atoms with van der Waals surface area (Å²) in [5.74, 6) is 0. The molecule has 0 saturated carbocycles. The maximum absolute atomic E-state index is 9.75. The number of rotatable bonds is 2. The predicted octanol–water partition coefficient (Wildman–Crippen LogP) is 6.37. The van der Waals surface area contributed by atoms with Crippen LogP contribution in [0.4, 0.5) is 17.3 Å². The molecule has 0 spiro atoms. The SMILES string of the molecule is CC(C)(C)c1cc(Cc2ccccc2)c2ccccc2[se+]1.F[B-](F)(F)F. The van der Waals surface area contributed by atoms with Crippen molar-refractivity contribution in [2.24, 2.45) is 0 Å². The van der Waals surface area contributed by atoms with E-state index < -0.39 is 7.25 Å². The van der Waals surface area contributed by atoms with Gasteiger partial charge in [0.05, 0.1) is 0 Å². The van der Waals surface area contributed by atoms with Crippen molar-refractivity contribution in [1.29, 1.82) is 0 Å². The summed E-state index contributed by atoms with van der Waals surface area (Å²) < 4.78 is 42.1. The zero-order chi connectivity index (χ0) is 19.4. The van der Waals surface area contributed by atoms with Crippen molar-refractivity contribution >= 4 is 31.4 Å². The van der Waals surface area contributed by atoms with Crippen molar-refractivity contribution in [3.8, 4) is 0 Å². The van der Waals surface area contributed by atoms with Gasteiger partial charge in [-0.15, -0.1) is 0 Å². The fourth-order valence-corrected chi connectivity index (χ4v) is 5.05. The van der Waals surface area contributed by atoms with E-state index in [1.807, 2.05) is 0 Å². The molecule has 0 nitrogen and oxygen atoms in total. The van der Waals surface area contributed by atoms with Crippen LogP contribution >= 0.6 is 0 Å². The van der Waals surface area contributed by atoms with Gasteiger partial charge in [-0.3, -0.25) is 0 Å². The molecule has 0 aliphatic carbocycles. The van der Waals surface area contributed by atoms with Gasteiger partial charge >= 0.3 is 140 Å². The zero-order valence-corrected chi connectivity index (χ0v) is 16.7. The number of hydrogen-bond acceptors (Lipinski definition) is 0. The summed E-state index contributed by atoms with van der Waals surface area (Å²) >= 11 is 0.453. The van der Waals surface area contributed by atoms with E-state index in [0.29, 0.717) is 14.5 Å². The molecule has 3 rings (SSSR count). The van der Waals surface area contributed by atoms with Gasteiger partial charge in [-0.05, 0) is 0 Å². The standard InChI is InChI=1S/C20H21Se.BF4/c1-20(2,3)19-14-16(13-15-9-5-4-6-10-15)17-11-7-8-12-18(17)21-19;2-1(3,4)5/h4-12,14H,13H2,1-3H3;/q+1;-1. The number of fused-ring (bicyclic) bond motifs is 1. The predicted molar refractivity (Wildman–Crippen MR) is 103 cm³/mol. The minimum atomic E-state index is -6.00. The summed E-state index contributed by atoms with van der Waals surface area (Å²) in [4.78, 5) is 0. The Labute approximate surface area is 157 Å². The fraction of sp³-hybridized carbons (Fsp3) is 0.250. The maximum atomic E-state index is 9.75. The van der Waals surface area contributed by atoms with E-state index in [-0.39, 0.29) is 5.41 Å². The van der Waals surface area contributed by atoms with Crippen LogP contribution in [0.3, 0.4) is 0 Å². The summed E-state index contributed by atoms with van der Waals surface area (Å²) in [6.45, 7) is 6.98. The van der Waals surface area contributed by atoms with Crippen LogP contribution in [0.2, 0.25) is 0 Å². The minimum absolute atomic E-state index is 0.259. The van der Waals surface area contributed by atoms with Crippen molar-refractivity contribution in [3.05, 3.63) is 76.2 Å². The third kappa shape index (κ3) is 6.58. The van der Waals surface area contributed by atoms with Crippen LogP contribution in [0, 0.1) is 0 Å². The van der Waals surface area contributed by atoms with Gasteiger partial charge in [0.1, 0.15) is 0 Å². The van der Waals surface area contributed by atoms with Crippen LogP contribution in [0.5, 0.6) is 0 Å². The van der Waals surface area contributed by atoms with E-state index in [0.717, 1.165) is 6.42 Å². The first kappa shape index (κ1) is 20.7. The van der Waals surface area contributed by atoms with Crippen molar-refractivity contribution in [2.45, 2.75) is 32.6 Å². The van der Waals surface area contributed by atoms with Gasteiger partial charge in [0.25, 0.3) is 0 Å². The van der Waals surface area contributed by atoms with Crippen LogP contribution in [-0.4, -0.2) is 21.8 Å². The van der Waals surface area contributed by atoms with E-state index in [4.69, 9.17) is 0 Å². The molecule has 3 aromatic rings. The topological polar surface area (TPSA) is 0 Å². The maximum Gasteiger partial charge on any atom is 0.673 e. The molecule has 0 fully saturated rings. The van der Waals surface area contributed by atoms with Gasteiger partial charge in [0.15, 0.2) is 0 Å². The quantitative estimate of drug-likeness (QED) is 0.330. The van der Waals surface area contributed by atoms with Crippen LogP contribution in [0.1, 0.15) is 36.3 Å². The first-order valence-corrected chi connectivity index (χ1v) is 10.0. The van der Waals surface area contributed by atoms with Gasteiger partial charge in [0, 0.05) is 0 Å². The Balaban J connectivity index is 0.000000431. The molecule has 2 aromatic carbocycles. The summed E-state index contributed by atoms with van der Waals surface area (Å²) in [5, 5.41) is 1.45. The molecule has 0 aliphatic heterocycles. The van der Waals surface area contributed by atoms with Crippen molar-refractivity contribution in [1.82, 2.24) is 0 Å². The largest absolute Gasteiger partial charge is 0.673 e.